The number of hydrogen-bond acceptors (Lipinski definition) is 4. The lowest BCUT2D eigenvalue weighted by molar-refractivity contribution is -0.138. The molecule has 0 fully saturated rings. The molecule has 0 aromatic heterocycles. The summed E-state index contributed by atoms with van der Waals surface area (Å²) in [6, 6.07) is 2.39. The molecule has 5 nitrogen and oxygen atoms in total. The quantitative estimate of drug-likeness (QED) is 0.822. The number of benzene rings is 1. The third-order valence-corrected chi connectivity index (χ3v) is 2.80. The van der Waals surface area contributed by atoms with Crippen molar-refractivity contribution < 1.29 is 19.4 Å². The van der Waals surface area contributed by atoms with E-state index in [1.807, 2.05) is 6.92 Å². The summed E-state index contributed by atoms with van der Waals surface area (Å²) in [5, 5.41) is 8.96. The molecule has 1 aromatic carbocycles. The van der Waals surface area contributed by atoms with Crippen molar-refractivity contribution in [3.8, 4) is 11.5 Å². The first-order chi connectivity index (χ1) is 8.15. The number of carbonyl (C=O) groups is 1. The Morgan fingerprint density at radius 3 is 2.82 bits per heavy atom. The van der Waals surface area contributed by atoms with Gasteiger partial charge in [-0.05, 0) is 18.1 Å². The van der Waals surface area contributed by atoms with Gasteiger partial charge in [0.05, 0.1) is 0 Å². The lowest BCUT2D eigenvalue weighted by Crippen LogP contribution is -2.24. The lowest BCUT2D eigenvalue weighted by atomic mass is 9.97. The van der Waals surface area contributed by atoms with Crippen molar-refractivity contribution in [2.75, 3.05) is 13.2 Å². The van der Waals surface area contributed by atoms with Gasteiger partial charge in [0.1, 0.15) is 19.3 Å². The number of hydrogen-bond donors (Lipinski definition) is 2. The van der Waals surface area contributed by atoms with Crippen molar-refractivity contribution in [1.82, 2.24) is 0 Å². The first-order valence-electron chi connectivity index (χ1n) is 5.55. The van der Waals surface area contributed by atoms with Crippen LogP contribution in [0.1, 0.15) is 24.1 Å². The summed E-state index contributed by atoms with van der Waals surface area (Å²) in [7, 11) is 0. The molecule has 1 aliphatic heterocycles. The van der Waals surface area contributed by atoms with E-state index >= 15 is 0 Å². The first kappa shape index (κ1) is 11.7. The van der Waals surface area contributed by atoms with Crippen LogP contribution in [0.3, 0.4) is 0 Å². The molecule has 0 saturated heterocycles. The van der Waals surface area contributed by atoms with Gasteiger partial charge < -0.3 is 20.3 Å². The van der Waals surface area contributed by atoms with Crippen molar-refractivity contribution in [3.05, 3.63) is 23.3 Å². The van der Waals surface area contributed by atoms with E-state index in [4.69, 9.17) is 20.3 Å². The minimum atomic E-state index is -1.05. The predicted octanol–water partition coefficient (Wildman–Crippen LogP) is 1.10. The molecule has 1 aliphatic rings. The molecule has 0 radical (unpaired) electrons. The fourth-order valence-corrected chi connectivity index (χ4v) is 1.98. The average Bonchev–Trinajstić information content (AvgIpc) is 2.36. The zero-order valence-corrected chi connectivity index (χ0v) is 9.60. The zero-order valence-electron chi connectivity index (χ0n) is 9.60. The van der Waals surface area contributed by atoms with Crippen molar-refractivity contribution >= 4 is 5.97 Å². The number of fused-ring (bicyclic) bond motifs is 1. The van der Waals surface area contributed by atoms with E-state index in [-0.39, 0.29) is 0 Å². The standard InChI is InChI=1S/C12H15NO4/c1-2-7-8(10(13)12(14)15)3-4-9-11(7)17-6-5-16-9/h3-4,10H,2,5-6,13H2,1H3,(H,14,15). The number of nitrogens with two attached hydrogens (primary N) is 1. The minimum Gasteiger partial charge on any atom is -0.486 e. The summed E-state index contributed by atoms with van der Waals surface area (Å²) in [6.45, 7) is 2.93. The molecule has 0 amide bonds. The fraction of sp³-hybridized carbons (Fsp3) is 0.417. The van der Waals surface area contributed by atoms with E-state index in [0.717, 1.165) is 5.56 Å². The Morgan fingerprint density at radius 1 is 1.47 bits per heavy atom. The smallest absolute Gasteiger partial charge is 0.325 e. The van der Waals surface area contributed by atoms with E-state index in [1.165, 1.54) is 0 Å². The zero-order chi connectivity index (χ0) is 12.4. The van der Waals surface area contributed by atoms with E-state index in [9.17, 15) is 4.79 Å². The van der Waals surface area contributed by atoms with Crippen LogP contribution >= 0.6 is 0 Å². The van der Waals surface area contributed by atoms with Gasteiger partial charge in [0.15, 0.2) is 11.5 Å². The molecule has 1 unspecified atom stereocenters. The molecule has 1 heterocycles. The van der Waals surface area contributed by atoms with Crippen LogP contribution in [-0.4, -0.2) is 24.3 Å². The van der Waals surface area contributed by atoms with Crippen molar-refractivity contribution in [3.63, 3.8) is 0 Å². The van der Waals surface area contributed by atoms with E-state index in [0.29, 0.717) is 36.7 Å². The summed E-state index contributed by atoms with van der Waals surface area (Å²) in [6.07, 6.45) is 0.656. The van der Waals surface area contributed by atoms with E-state index < -0.39 is 12.0 Å². The largest absolute Gasteiger partial charge is 0.486 e. The van der Waals surface area contributed by atoms with Crippen LogP contribution in [0.25, 0.3) is 0 Å². The van der Waals surface area contributed by atoms with Crippen LogP contribution in [0.15, 0.2) is 12.1 Å². The number of rotatable bonds is 3. The van der Waals surface area contributed by atoms with Crippen LogP contribution < -0.4 is 15.2 Å². The Hall–Kier alpha value is -1.75. The molecule has 0 saturated carbocycles. The van der Waals surface area contributed by atoms with Gasteiger partial charge in [0, 0.05) is 5.56 Å². The van der Waals surface area contributed by atoms with Gasteiger partial charge in [-0.15, -0.1) is 0 Å². The second kappa shape index (κ2) is 4.63. The Bertz CT molecular complexity index is 444. The van der Waals surface area contributed by atoms with Crippen LogP contribution in [0.5, 0.6) is 11.5 Å². The molecule has 92 valence electrons. The van der Waals surface area contributed by atoms with Gasteiger partial charge in [-0.2, -0.15) is 0 Å². The number of ether oxygens (including phenoxy) is 2. The Kier molecular flexibility index (Phi) is 3.19. The summed E-state index contributed by atoms with van der Waals surface area (Å²) < 4.78 is 11.0. The number of aliphatic carboxylic acids is 1. The second-order valence-corrected chi connectivity index (χ2v) is 3.83. The molecular formula is C12H15NO4. The van der Waals surface area contributed by atoms with Gasteiger partial charge in [-0.1, -0.05) is 13.0 Å². The lowest BCUT2D eigenvalue weighted by Gasteiger charge is -2.23. The van der Waals surface area contributed by atoms with E-state index in [1.54, 1.807) is 12.1 Å². The maximum absolute atomic E-state index is 10.9. The fourth-order valence-electron chi connectivity index (χ4n) is 1.98. The van der Waals surface area contributed by atoms with Crippen molar-refractivity contribution in [1.29, 1.82) is 0 Å². The molecule has 1 atom stereocenters. The summed E-state index contributed by atoms with van der Waals surface area (Å²) in [4.78, 5) is 10.9. The molecule has 2 rings (SSSR count). The average molecular weight is 237 g/mol. The summed E-state index contributed by atoms with van der Waals surface area (Å²) in [5.74, 6) is 0.249. The third kappa shape index (κ3) is 2.06. The van der Waals surface area contributed by atoms with Crippen LogP contribution in [-0.2, 0) is 11.2 Å². The van der Waals surface area contributed by atoms with Crippen LogP contribution in [0.2, 0.25) is 0 Å². The van der Waals surface area contributed by atoms with Crippen molar-refractivity contribution in [2.45, 2.75) is 19.4 Å². The molecule has 3 N–H and O–H groups in total. The van der Waals surface area contributed by atoms with Gasteiger partial charge in [0.2, 0.25) is 0 Å². The highest BCUT2D eigenvalue weighted by Gasteiger charge is 2.24. The number of carboxylic acids is 1. The SMILES string of the molecule is CCc1c(C(N)C(=O)O)ccc2c1OCCO2. The number of carboxylic acid groups (broad SMARTS) is 1. The van der Waals surface area contributed by atoms with Crippen LogP contribution in [0, 0.1) is 0 Å². The molecule has 0 spiro atoms. The third-order valence-electron chi connectivity index (χ3n) is 2.80. The summed E-state index contributed by atoms with van der Waals surface area (Å²) in [5.41, 5.74) is 7.06. The molecular weight excluding hydrogens is 222 g/mol. The van der Waals surface area contributed by atoms with E-state index in [2.05, 4.69) is 0 Å². The summed E-state index contributed by atoms with van der Waals surface area (Å²) >= 11 is 0. The maximum atomic E-state index is 10.9. The first-order valence-corrected chi connectivity index (χ1v) is 5.55. The Morgan fingerprint density at radius 2 is 2.18 bits per heavy atom. The molecule has 17 heavy (non-hydrogen) atoms. The highest BCUT2D eigenvalue weighted by atomic mass is 16.6. The Balaban J connectivity index is 2.50. The maximum Gasteiger partial charge on any atom is 0.325 e. The molecule has 5 heteroatoms. The van der Waals surface area contributed by atoms with Crippen LogP contribution in [0.4, 0.5) is 0 Å². The Labute approximate surface area is 99.1 Å². The van der Waals surface area contributed by atoms with Gasteiger partial charge >= 0.3 is 5.97 Å². The monoisotopic (exact) mass is 237 g/mol. The van der Waals surface area contributed by atoms with Gasteiger partial charge in [-0.3, -0.25) is 4.79 Å². The highest BCUT2D eigenvalue weighted by Crippen LogP contribution is 2.37. The normalized spacial score (nSPS) is 15.4. The molecule has 0 bridgehead atoms. The minimum absolute atomic E-state index is 0.478. The second-order valence-electron chi connectivity index (χ2n) is 3.83. The molecule has 0 aliphatic carbocycles. The predicted molar refractivity (Wildman–Crippen MR) is 61.4 cm³/mol. The molecule has 1 aromatic rings. The highest BCUT2D eigenvalue weighted by molar-refractivity contribution is 5.76. The van der Waals surface area contributed by atoms with Gasteiger partial charge in [-0.25, -0.2) is 0 Å². The van der Waals surface area contributed by atoms with Gasteiger partial charge in [0.25, 0.3) is 0 Å². The van der Waals surface area contributed by atoms with Crippen molar-refractivity contribution in [2.24, 2.45) is 5.73 Å². The topological polar surface area (TPSA) is 81.8 Å².